The zero-order chi connectivity index (χ0) is 22.3. The van der Waals surface area contributed by atoms with Crippen LogP contribution in [0, 0.1) is 0 Å². The van der Waals surface area contributed by atoms with Crippen molar-refractivity contribution < 1.29 is 22.7 Å². The quantitative estimate of drug-likeness (QED) is 0.422. The third kappa shape index (κ3) is 3.93. The van der Waals surface area contributed by atoms with Crippen molar-refractivity contribution in [2.45, 2.75) is 25.2 Å². The van der Waals surface area contributed by atoms with Gasteiger partial charge in [-0.05, 0) is 41.0 Å². The van der Waals surface area contributed by atoms with Crippen molar-refractivity contribution in [2.75, 3.05) is 5.32 Å². The molecule has 0 aliphatic carbocycles. The Morgan fingerprint density at radius 1 is 0.969 bits per heavy atom. The zero-order valence-electron chi connectivity index (χ0n) is 16.9. The van der Waals surface area contributed by atoms with Crippen LogP contribution in [0.25, 0.3) is 10.9 Å². The lowest BCUT2D eigenvalue weighted by Gasteiger charge is -2.16. The molecular weight excluding hydrogens is 417 g/mol. The molecule has 4 aromatic rings. The molecule has 1 atom stereocenters. The van der Waals surface area contributed by atoms with Crippen LogP contribution in [0.2, 0.25) is 0 Å². The van der Waals surface area contributed by atoms with Crippen molar-refractivity contribution >= 4 is 22.5 Å². The molecule has 1 unspecified atom stereocenters. The molecule has 0 radical (unpaired) electrons. The Morgan fingerprint density at radius 2 is 1.72 bits per heavy atom. The van der Waals surface area contributed by atoms with Gasteiger partial charge in [0.2, 0.25) is 5.91 Å². The molecule has 5 rings (SSSR count). The zero-order valence-corrected chi connectivity index (χ0v) is 16.9. The number of halogens is 3. The van der Waals surface area contributed by atoms with Gasteiger partial charge < -0.3 is 14.6 Å². The van der Waals surface area contributed by atoms with E-state index in [4.69, 9.17) is 0 Å². The molecule has 0 saturated heterocycles. The molecule has 2 heterocycles. The SMILES string of the molecule is O=C1CC(c2ccc(OC(F)(F)F)cc2)c2cn(Cc3ccccc3)c3cccc(c23)N1. The molecule has 0 spiro atoms. The predicted octanol–water partition coefficient (Wildman–Crippen LogP) is 6.06. The van der Waals surface area contributed by atoms with Crippen molar-refractivity contribution in [3.63, 3.8) is 0 Å². The maximum absolute atomic E-state index is 12.6. The minimum atomic E-state index is -4.75. The van der Waals surface area contributed by atoms with Crippen LogP contribution in [-0.4, -0.2) is 16.8 Å². The lowest BCUT2D eigenvalue weighted by Crippen LogP contribution is -2.17. The van der Waals surface area contributed by atoms with Gasteiger partial charge in [-0.2, -0.15) is 0 Å². The minimum absolute atomic E-state index is 0.135. The summed E-state index contributed by atoms with van der Waals surface area (Å²) in [4.78, 5) is 12.6. The molecule has 1 amide bonds. The largest absolute Gasteiger partial charge is 0.573 e. The number of aromatic nitrogens is 1. The van der Waals surface area contributed by atoms with Gasteiger partial charge in [0.05, 0.1) is 11.2 Å². The first-order chi connectivity index (χ1) is 15.4. The summed E-state index contributed by atoms with van der Waals surface area (Å²) in [5.74, 6) is -0.714. The Bertz CT molecular complexity index is 1280. The molecule has 0 saturated carbocycles. The van der Waals surface area contributed by atoms with E-state index in [0.29, 0.717) is 6.54 Å². The van der Waals surface area contributed by atoms with Gasteiger partial charge in [-0.3, -0.25) is 4.79 Å². The van der Waals surface area contributed by atoms with E-state index in [-0.39, 0.29) is 24.0 Å². The fourth-order valence-electron chi connectivity index (χ4n) is 4.36. The second-order valence-electron chi connectivity index (χ2n) is 7.82. The van der Waals surface area contributed by atoms with Gasteiger partial charge in [0, 0.05) is 30.5 Å². The van der Waals surface area contributed by atoms with Crippen LogP contribution in [0.3, 0.4) is 0 Å². The Morgan fingerprint density at radius 3 is 2.44 bits per heavy atom. The summed E-state index contributed by atoms with van der Waals surface area (Å²) in [5.41, 5.74) is 4.60. The van der Waals surface area contributed by atoms with Gasteiger partial charge in [-0.25, -0.2) is 0 Å². The van der Waals surface area contributed by atoms with E-state index >= 15 is 0 Å². The maximum atomic E-state index is 12.6. The van der Waals surface area contributed by atoms with Crippen LogP contribution < -0.4 is 10.1 Å². The number of anilines is 1. The molecule has 7 heteroatoms. The molecule has 1 N–H and O–H groups in total. The molecule has 162 valence electrons. The Labute approximate surface area is 182 Å². The fraction of sp³-hybridized carbons (Fsp3) is 0.160. The lowest BCUT2D eigenvalue weighted by atomic mass is 9.88. The number of hydrogen-bond acceptors (Lipinski definition) is 2. The molecule has 1 aliphatic rings. The number of amides is 1. The van der Waals surface area contributed by atoms with Crippen molar-refractivity contribution in [1.29, 1.82) is 0 Å². The summed E-state index contributed by atoms with van der Waals surface area (Å²) in [7, 11) is 0. The summed E-state index contributed by atoms with van der Waals surface area (Å²) < 4.78 is 43.7. The highest BCUT2D eigenvalue weighted by atomic mass is 19.4. The fourth-order valence-corrected chi connectivity index (χ4v) is 4.36. The van der Waals surface area contributed by atoms with Crippen LogP contribution in [0.15, 0.2) is 79.0 Å². The van der Waals surface area contributed by atoms with E-state index in [1.807, 2.05) is 42.6 Å². The Hall–Kier alpha value is -3.74. The first-order valence-electron chi connectivity index (χ1n) is 10.2. The highest BCUT2D eigenvalue weighted by Gasteiger charge is 2.32. The van der Waals surface area contributed by atoms with E-state index in [1.54, 1.807) is 12.1 Å². The standard InChI is InChI=1S/C25H19F3N2O2/c26-25(27,28)32-18-11-9-17(10-12-18)19-13-23(31)29-21-7-4-8-22-24(21)20(19)15-30(22)14-16-5-2-1-3-6-16/h1-12,15,19H,13-14H2,(H,29,31). The summed E-state index contributed by atoms with van der Waals surface area (Å²) in [6.07, 6.45) is -2.51. The van der Waals surface area contributed by atoms with E-state index in [1.165, 1.54) is 12.1 Å². The van der Waals surface area contributed by atoms with E-state index in [2.05, 4.69) is 26.8 Å². The number of hydrogen-bond donors (Lipinski definition) is 1. The van der Waals surface area contributed by atoms with Gasteiger partial charge in [0.25, 0.3) is 0 Å². The summed E-state index contributed by atoms with van der Waals surface area (Å²) in [6.45, 7) is 0.666. The minimum Gasteiger partial charge on any atom is -0.406 e. The van der Waals surface area contributed by atoms with Crippen LogP contribution in [0.5, 0.6) is 5.75 Å². The van der Waals surface area contributed by atoms with Crippen molar-refractivity contribution in [2.24, 2.45) is 0 Å². The second-order valence-corrected chi connectivity index (χ2v) is 7.82. The molecule has 0 bridgehead atoms. The predicted molar refractivity (Wildman–Crippen MR) is 116 cm³/mol. The molecule has 32 heavy (non-hydrogen) atoms. The van der Waals surface area contributed by atoms with E-state index < -0.39 is 6.36 Å². The van der Waals surface area contributed by atoms with Gasteiger partial charge in [-0.1, -0.05) is 48.5 Å². The highest BCUT2D eigenvalue weighted by molar-refractivity contribution is 6.06. The molecule has 3 aromatic carbocycles. The molecule has 4 nitrogen and oxygen atoms in total. The smallest absolute Gasteiger partial charge is 0.406 e. The van der Waals surface area contributed by atoms with Crippen molar-refractivity contribution in [3.8, 4) is 5.75 Å². The van der Waals surface area contributed by atoms with Crippen LogP contribution in [0.4, 0.5) is 18.9 Å². The third-order valence-corrected chi connectivity index (χ3v) is 5.69. The second kappa shape index (κ2) is 7.75. The average molecular weight is 436 g/mol. The Balaban J connectivity index is 1.59. The van der Waals surface area contributed by atoms with Crippen LogP contribution in [-0.2, 0) is 11.3 Å². The first-order valence-corrected chi connectivity index (χ1v) is 10.2. The lowest BCUT2D eigenvalue weighted by molar-refractivity contribution is -0.274. The monoisotopic (exact) mass is 436 g/mol. The number of alkyl halides is 3. The van der Waals surface area contributed by atoms with Crippen molar-refractivity contribution in [1.82, 2.24) is 4.57 Å². The third-order valence-electron chi connectivity index (χ3n) is 5.69. The number of carbonyl (C=O) groups is 1. The number of nitrogens with one attached hydrogen (secondary N) is 1. The summed E-state index contributed by atoms with van der Waals surface area (Å²) in [6, 6.07) is 21.6. The number of ether oxygens (including phenoxy) is 1. The summed E-state index contributed by atoms with van der Waals surface area (Å²) >= 11 is 0. The number of nitrogens with zero attached hydrogens (tertiary/aromatic N) is 1. The maximum Gasteiger partial charge on any atom is 0.573 e. The van der Waals surface area contributed by atoms with E-state index in [0.717, 1.165) is 33.3 Å². The topological polar surface area (TPSA) is 43.3 Å². The molecule has 1 aliphatic heterocycles. The molecular formula is C25H19F3N2O2. The average Bonchev–Trinajstić information content (AvgIpc) is 3.04. The number of carbonyl (C=O) groups excluding carboxylic acids is 1. The molecule has 1 aromatic heterocycles. The van der Waals surface area contributed by atoms with Gasteiger partial charge in [0.1, 0.15) is 5.75 Å². The van der Waals surface area contributed by atoms with E-state index in [9.17, 15) is 18.0 Å². The number of benzene rings is 3. The van der Waals surface area contributed by atoms with Gasteiger partial charge in [-0.15, -0.1) is 13.2 Å². The Kier molecular flexibility index (Phi) is 4.89. The molecule has 0 fully saturated rings. The highest BCUT2D eigenvalue weighted by Crippen LogP contribution is 2.41. The van der Waals surface area contributed by atoms with Gasteiger partial charge >= 0.3 is 6.36 Å². The summed E-state index contributed by atoms with van der Waals surface area (Å²) in [5, 5.41) is 3.93. The van der Waals surface area contributed by atoms with Gasteiger partial charge in [0.15, 0.2) is 0 Å². The van der Waals surface area contributed by atoms with Crippen LogP contribution >= 0.6 is 0 Å². The number of rotatable bonds is 4. The van der Waals surface area contributed by atoms with Crippen molar-refractivity contribution in [3.05, 3.63) is 95.7 Å². The normalized spacial score (nSPS) is 16.0. The van der Waals surface area contributed by atoms with Crippen LogP contribution in [0.1, 0.15) is 29.0 Å². The first kappa shape index (κ1) is 20.2.